The number of rotatable bonds is 0. The van der Waals surface area contributed by atoms with E-state index < -0.39 is 0 Å². The van der Waals surface area contributed by atoms with Gasteiger partial charge in [-0.15, -0.1) is 0 Å². The van der Waals surface area contributed by atoms with Crippen LogP contribution in [0.4, 0.5) is 4.39 Å². The number of benzene rings is 1. The van der Waals surface area contributed by atoms with Crippen molar-refractivity contribution in [1.29, 1.82) is 0 Å². The van der Waals surface area contributed by atoms with Crippen LogP contribution < -0.4 is 0 Å². The van der Waals surface area contributed by atoms with Crippen LogP contribution in [0, 0.1) is 16.3 Å². The summed E-state index contributed by atoms with van der Waals surface area (Å²) in [5.74, 6) is -0.176. The molecule has 0 nitrogen and oxygen atoms in total. The van der Waals surface area contributed by atoms with Crippen LogP contribution in [0.3, 0.4) is 0 Å². The van der Waals surface area contributed by atoms with Gasteiger partial charge in [0, 0.05) is 5.02 Å². The monoisotopic (exact) mass is 270 g/mol. The van der Waals surface area contributed by atoms with E-state index in [-0.39, 0.29) is 5.82 Å². The van der Waals surface area contributed by atoms with Crippen LogP contribution in [0.25, 0.3) is 0 Å². The van der Waals surface area contributed by atoms with E-state index in [0.717, 1.165) is 0 Å². The van der Waals surface area contributed by atoms with E-state index in [1.54, 1.807) is 19.1 Å². The Balaban J connectivity index is 3.31. The molecule has 1 rings (SSSR count). The van der Waals surface area contributed by atoms with Gasteiger partial charge in [-0.2, -0.15) is 0 Å². The second kappa shape index (κ2) is 3.05. The van der Waals surface area contributed by atoms with Crippen LogP contribution in [-0.4, -0.2) is 0 Å². The second-order valence-corrected chi connectivity index (χ2v) is 3.62. The van der Waals surface area contributed by atoms with Crippen LogP contribution in [0.1, 0.15) is 5.56 Å². The van der Waals surface area contributed by atoms with Crippen molar-refractivity contribution in [3.05, 3.63) is 32.1 Å². The molecule has 1 aromatic carbocycles. The van der Waals surface area contributed by atoms with Crippen molar-refractivity contribution in [2.24, 2.45) is 0 Å². The van der Waals surface area contributed by atoms with Crippen molar-refractivity contribution in [2.75, 3.05) is 0 Å². The van der Waals surface area contributed by atoms with Gasteiger partial charge in [-0.1, -0.05) is 11.6 Å². The summed E-state index contributed by atoms with van der Waals surface area (Å²) in [6.07, 6.45) is 0. The van der Waals surface area contributed by atoms with Gasteiger partial charge in [0.1, 0.15) is 5.82 Å². The Hall–Kier alpha value is 0.170. The molecule has 0 bridgehead atoms. The first kappa shape index (κ1) is 8.27. The van der Waals surface area contributed by atoms with Crippen LogP contribution >= 0.6 is 34.2 Å². The zero-order valence-corrected chi connectivity index (χ0v) is 8.20. The maximum Gasteiger partial charge on any atom is 0.139 e. The Labute approximate surface area is 77.5 Å². The largest absolute Gasteiger partial charge is 0.206 e. The third-order valence-electron chi connectivity index (χ3n) is 1.17. The highest BCUT2D eigenvalue weighted by Crippen LogP contribution is 2.20. The standard InChI is InChI=1S/C7H5ClFI/c1-4-2-5(8)3-6(10)7(4)9/h2-3H,1H3. The highest BCUT2D eigenvalue weighted by molar-refractivity contribution is 14.1. The third-order valence-corrected chi connectivity index (χ3v) is 2.18. The van der Waals surface area contributed by atoms with E-state index >= 15 is 0 Å². The van der Waals surface area contributed by atoms with Gasteiger partial charge in [0.15, 0.2) is 0 Å². The number of hydrogen-bond acceptors (Lipinski definition) is 0. The molecule has 0 amide bonds. The van der Waals surface area contributed by atoms with E-state index in [4.69, 9.17) is 11.6 Å². The van der Waals surface area contributed by atoms with Crippen LogP contribution in [0.5, 0.6) is 0 Å². The minimum absolute atomic E-state index is 0.176. The summed E-state index contributed by atoms with van der Waals surface area (Å²) >= 11 is 7.57. The summed E-state index contributed by atoms with van der Waals surface area (Å²) in [6, 6.07) is 3.21. The molecule has 0 atom stereocenters. The molecule has 0 aromatic heterocycles. The molecule has 0 aliphatic heterocycles. The maximum absolute atomic E-state index is 12.8. The highest BCUT2D eigenvalue weighted by Gasteiger charge is 2.02. The fourth-order valence-electron chi connectivity index (χ4n) is 0.685. The Bertz CT molecular complexity index is 237. The molecule has 0 saturated heterocycles. The van der Waals surface area contributed by atoms with Gasteiger partial charge in [0.25, 0.3) is 0 Å². The van der Waals surface area contributed by atoms with Crippen molar-refractivity contribution in [1.82, 2.24) is 0 Å². The molecule has 0 heterocycles. The number of hydrogen-bond donors (Lipinski definition) is 0. The molecule has 0 aliphatic carbocycles. The molecule has 0 spiro atoms. The lowest BCUT2D eigenvalue weighted by molar-refractivity contribution is 0.611. The minimum atomic E-state index is -0.176. The van der Waals surface area contributed by atoms with Crippen molar-refractivity contribution < 1.29 is 4.39 Å². The second-order valence-electron chi connectivity index (χ2n) is 2.02. The molecule has 0 fully saturated rings. The van der Waals surface area contributed by atoms with Crippen LogP contribution in [0.2, 0.25) is 5.02 Å². The normalized spacial score (nSPS) is 10.0. The molecule has 0 aliphatic rings. The van der Waals surface area contributed by atoms with E-state index in [9.17, 15) is 4.39 Å². The lowest BCUT2D eigenvalue weighted by atomic mass is 10.2. The summed E-state index contributed by atoms with van der Waals surface area (Å²) in [4.78, 5) is 0. The average molecular weight is 270 g/mol. The summed E-state index contributed by atoms with van der Waals surface area (Å²) in [5.41, 5.74) is 0.594. The lowest BCUT2D eigenvalue weighted by Crippen LogP contribution is -1.85. The summed E-state index contributed by atoms with van der Waals surface area (Å²) in [5, 5.41) is 0.586. The summed E-state index contributed by atoms with van der Waals surface area (Å²) in [7, 11) is 0. The van der Waals surface area contributed by atoms with E-state index in [0.29, 0.717) is 14.2 Å². The SMILES string of the molecule is Cc1cc(Cl)cc(I)c1F. The van der Waals surface area contributed by atoms with Crippen LogP contribution in [0.15, 0.2) is 12.1 Å². The Kier molecular flexibility index (Phi) is 2.52. The zero-order valence-electron chi connectivity index (χ0n) is 5.29. The van der Waals surface area contributed by atoms with Crippen LogP contribution in [-0.2, 0) is 0 Å². The molecule has 0 radical (unpaired) electrons. The van der Waals surface area contributed by atoms with Gasteiger partial charge in [0.2, 0.25) is 0 Å². The molecule has 3 heteroatoms. The molecular weight excluding hydrogens is 265 g/mol. The van der Waals surface area contributed by atoms with Gasteiger partial charge in [-0.3, -0.25) is 0 Å². The van der Waals surface area contributed by atoms with Crippen molar-refractivity contribution in [2.45, 2.75) is 6.92 Å². The molecule has 0 unspecified atom stereocenters. The first-order valence-electron chi connectivity index (χ1n) is 2.72. The topological polar surface area (TPSA) is 0 Å². The Morgan fingerprint density at radius 3 is 2.60 bits per heavy atom. The van der Waals surface area contributed by atoms with Gasteiger partial charge < -0.3 is 0 Å². The van der Waals surface area contributed by atoms with Crippen molar-refractivity contribution >= 4 is 34.2 Å². The Morgan fingerprint density at radius 2 is 2.10 bits per heavy atom. The molecule has 54 valence electrons. The quantitative estimate of drug-likeness (QED) is 0.501. The number of halogens is 3. The summed E-state index contributed by atoms with van der Waals surface area (Å²) < 4.78 is 13.4. The smallest absolute Gasteiger partial charge is 0.139 e. The predicted octanol–water partition coefficient (Wildman–Crippen LogP) is 3.39. The van der Waals surface area contributed by atoms with Crippen molar-refractivity contribution in [3.63, 3.8) is 0 Å². The molecule has 0 N–H and O–H groups in total. The Morgan fingerprint density at radius 1 is 1.50 bits per heavy atom. The first-order chi connectivity index (χ1) is 4.61. The predicted molar refractivity (Wildman–Crippen MR) is 48.9 cm³/mol. The van der Waals surface area contributed by atoms with Gasteiger partial charge in [-0.25, -0.2) is 4.39 Å². The third kappa shape index (κ3) is 1.61. The summed E-state index contributed by atoms with van der Waals surface area (Å²) in [6.45, 7) is 1.70. The molecule has 0 saturated carbocycles. The van der Waals surface area contributed by atoms with Gasteiger partial charge >= 0.3 is 0 Å². The maximum atomic E-state index is 12.8. The molecule has 10 heavy (non-hydrogen) atoms. The van der Waals surface area contributed by atoms with Gasteiger partial charge in [-0.05, 0) is 47.2 Å². The van der Waals surface area contributed by atoms with E-state index in [1.807, 2.05) is 22.6 Å². The first-order valence-corrected chi connectivity index (χ1v) is 4.18. The minimum Gasteiger partial charge on any atom is -0.206 e. The fraction of sp³-hybridized carbons (Fsp3) is 0.143. The van der Waals surface area contributed by atoms with Crippen molar-refractivity contribution in [3.8, 4) is 0 Å². The fourth-order valence-corrected chi connectivity index (χ4v) is 1.90. The average Bonchev–Trinajstić information content (AvgIpc) is 1.82. The molecular formula is C7H5ClFI. The molecule has 1 aromatic rings. The highest BCUT2D eigenvalue weighted by atomic mass is 127. The van der Waals surface area contributed by atoms with E-state index in [2.05, 4.69) is 0 Å². The van der Waals surface area contributed by atoms with E-state index in [1.165, 1.54) is 0 Å². The number of aryl methyl sites for hydroxylation is 1. The lowest BCUT2D eigenvalue weighted by Gasteiger charge is -1.98. The van der Waals surface area contributed by atoms with Gasteiger partial charge in [0.05, 0.1) is 3.57 Å². The zero-order chi connectivity index (χ0) is 7.72.